The normalized spacial score (nSPS) is 22.8. The molecule has 1 heterocycles. The average molecular weight is 221 g/mol. The van der Waals surface area contributed by atoms with Crippen LogP contribution in [0.3, 0.4) is 0 Å². The molecule has 0 aliphatic carbocycles. The maximum Gasteiger partial charge on any atom is 0.119 e. The number of methoxy groups -OCH3 is 1. The van der Waals surface area contributed by atoms with Crippen LogP contribution in [0.15, 0.2) is 24.3 Å². The molecule has 1 fully saturated rings. The smallest absolute Gasteiger partial charge is 0.119 e. The number of nitrogens with two attached hydrogens (primary N) is 1. The molecular formula is C13H19NO2. The van der Waals surface area contributed by atoms with E-state index in [0.717, 1.165) is 30.8 Å². The Balaban J connectivity index is 2.09. The summed E-state index contributed by atoms with van der Waals surface area (Å²) >= 11 is 0. The van der Waals surface area contributed by atoms with Gasteiger partial charge in [0.25, 0.3) is 0 Å². The van der Waals surface area contributed by atoms with E-state index in [1.54, 1.807) is 7.11 Å². The molecule has 0 saturated carbocycles. The van der Waals surface area contributed by atoms with Crippen LogP contribution in [0.4, 0.5) is 0 Å². The van der Waals surface area contributed by atoms with Crippen molar-refractivity contribution in [3.05, 3.63) is 29.8 Å². The molecule has 1 aliphatic rings. The maximum atomic E-state index is 6.21. The van der Waals surface area contributed by atoms with Crippen molar-refractivity contribution in [3.63, 3.8) is 0 Å². The number of hydrogen-bond acceptors (Lipinski definition) is 3. The molecule has 88 valence electrons. The fourth-order valence-electron chi connectivity index (χ4n) is 2.11. The predicted octanol–water partition coefficient (Wildman–Crippen LogP) is 2.26. The van der Waals surface area contributed by atoms with Gasteiger partial charge in [-0.15, -0.1) is 0 Å². The van der Waals surface area contributed by atoms with Crippen molar-refractivity contribution >= 4 is 0 Å². The van der Waals surface area contributed by atoms with E-state index in [1.165, 1.54) is 6.42 Å². The van der Waals surface area contributed by atoms with Crippen LogP contribution in [-0.4, -0.2) is 19.8 Å². The molecule has 3 nitrogen and oxygen atoms in total. The molecule has 0 bridgehead atoms. The van der Waals surface area contributed by atoms with E-state index in [4.69, 9.17) is 15.2 Å². The highest BCUT2D eigenvalue weighted by atomic mass is 16.5. The van der Waals surface area contributed by atoms with Gasteiger partial charge in [0.15, 0.2) is 0 Å². The number of benzene rings is 1. The summed E-state index contributed by atoms with van der Waals surface area (Å²) in [5, 5.41) is 0. The van der Waals surface area contributed by atoms with Gasteiger partial charge < -0.3 is 15.2 Å². The van der Waals surface area contributed by atoms with E-state index < -0.39 is 0 Å². The summed E-state index contributed by atoms with van der Waals surface area (Å²) in [4.78, 5) is 0. The first kappa shape index (κ1) is 11.4. The van der Waals surface area contributed by atoms with Crippen molar-refractivity contribution in [3.8, 4) is 5.75 Å². The minimum absolute atomic E-state index is 0.0459. The van der Waals surface area contributed by atoms with Gasteiger partial charge in [-0.25, -0.2) is 0 Å². The van der Waals surface area contributed by atoms with Gasteiger partial charge in [-0.3, -0.25) is 0 Å². The van der Waals surface area contributed by atoms with E-state index in [1.807, 2.05) is 24.3 Å². The Morgan fingerprint density at radius 3 is 3.00 bits per heavy atom. The minimum Gasteiger partial charge on any atom is -0.497 e. The lowest BCUT2D eigenvalue weighted by Gasteiger charge is -2.28. The molecule has 2 unspecified atom stereocenters. The van der Waals surface area contributed by atoms with E-state index >= 15 is 0 Å². The van der Waals surface area contributed by atoms with Crippen molar-refractivity contribution in [1.29, 1.82) is 0 Å². The first-order chi connectivity index (χ1) is 7.81. The van der Waals surface area contributed by atoms with E-state index in [9.17, 15) is 0 Å². The first-order valence-corrected chi connectivity index (χ1v) is 5.82. The summed E-state index contributed by atoms with van der Waals surface area (Å²) in [5.41, 5.74) is 7.30. The van der Waals surface area contributed by atoms with Gasteiger partial charge in [-0.05, 0) is 37.0 Å². The van der Waals surface area contributed by atoms with Crippen LogP contribution in [0.1, 0.15) is 30.9 Å². The molecule has 2 rings (SSSR count). The fraction of sp³-hybridized carbons (Fsp3) is 0.538. The van der Waals surface area contributed by atoms with E-state index in [0.29, 0.717) is 0 Å². The van der Waals surface area contributed by atoms with Crippen LogP contribution >= 0.6 is 0 Å². The number of hydrogen-bond donors (Lipinski definition) is 1. The zero-order valence-corrected chi connectivity index (χ0v) is 9.69. The molecule has 0 aromatic heterocycles. The Morgan fingerprint density at radius 2 is 2.31 bits per heavy atom. The van der Waals surface area contributed by atoms with Crippen LogP contribution in [-0.2, 0) is 4.74 Å². The molecule has 3 heteroatoms. The zero-order chi connectivity index (χ0) is 11.4. The molecule has 1 aromatic rings. The van der Waals surface area contributed by atoms with Gasteiger partial charge in [-0.2, -0.15) is 0 Å². The maximum absolute atomic E-state index is 6.21. The second-order valence-corrected chi connectivity index (χ2v) is 4.21. The molecular weight excluding hydrogens is 202 g/mol. The number of rotatable bonds is 3. The summed E-state index contributed by atoms with van der Waals surface area (Å²) in [5.74, 6) is 0.851. The SMILES string of the molecule is COc1cccc(C(N)C2CCCCO2)c1. The van der Waals surface area contributed by atoms with Crippen LogP contribution in [0.5, 0.6) is 5.75 Å². The molecule has 0 radical (unpaired) electrons. The monoisotopic (exact) mass is 221 g/mol. The molecule has 1 aromatic carbocycles. The van der Waals surface area contributed by atoms with Crippen molar-refractivity contribution in [2.75, 3.05) is 13.7 Å². The Bertz CT molecular complexity index is 334. The molecule has 0 spiro atoms. The summed E-state index contributed by atoms with van der Waals surface area (Å²) in [6, 6.07) is 7.87. The minimum atomic E-state index is -0.0459. The molecule has 1 aliphatic heterocycles. The van der Waals surface area contributed by atoms with Crippen LogP contribution in [0, 0.1) is 0 Å². The standard InChI is InChI=1S/C13H19NO2/c1-15-11-6-4-5-10(9-11)13(14)12-7-2-3-8-16-12/h4-6,9,12-13H,2-3,7-8,14H2,1H3. The largest absolute Gasteiger partial charge is 0.497 e. The second-order valence-electron chi connectivity index (χ2n) is 4.21. The first-order valence-electron chi connectivity index (χ1n) is 5.82. The topological polar surface area (TPSA) is 44.5 Å². The van der Waals surface area contributed by atoms with Crippen LogP contribution < -0.4 is 10.5 Å². The highest BCUT2D eigenvalue weighted by molar-refractivity contribution is 5.30. The quantitative estimate of drug-likeness (QED) is 0.851. The lowest BCUT2D eigenvalue weighted by Crippen LogP contribution is -2.31. The van der Waals surface area contributed by atoms with Crippen molar-refractivity contribution in [2.24, 2.45) is 5.73 Å². The summed E-state index contributed by atoms with van der Waals surface area (Å²) < 4.78 is 10.9. The molecule has 0 amide bonds. The molecule has 1 saturated heterocycles. The highest BCUT2D eigenvalue weighted by Crippen LogP contribution is 2.26. The average Bonchev–Trinajstić information content (AvgIpc) is 2.39. The van der Waals surface area contributed by atoms with Gasteiger partial charge in [0.2, 0.25) is 0 Å². The van der Waals surface area contributed by atoms with E-state index in [-0.39, 0.29) is 12.1 Å². The Hall–Kier alpha value is -1.06. The van der Waals surface area contributed by atoms with Gasteiger partial charge >= 0.3 is 0 Å². The highest BCUT2D eigenvalue weighted by Gasteiger charge is 2.22. The van der Waals surface area contributed by atoms with E-state index in [2.05, 4.69) is 0 Å². The number of ether oxygens (including phenoxy) is 2. The Labute approximate surface area is 96.5 Å². The fourth-order valence-corrected chi connectivity index (χ4v) is 2.11. The van der Waals surface area contributed by atoms with Crippen LogP contribution in [0.25, 0.3) is 0 Å². The summed E-state index contributed by atoms with van der Waals surface area (Å²) in [6.07, 6.45) is 3.57. The van der Waals surface area contributed by atoms with Gasteiger partial charge in [0.05, 0.1) is 19.3 Å². The van der Waals surface area contributed by atoms with Gasteiger partial charge in [0.1, 0.15) is 5.75 Å². The van der Waals surface area contributed by atoms with Gasteiger partial charge in [0, 0.05) is 6.61 Å². The Kier molecular flexibility index (Phi) is 3.80. The second kappa shape index (κ2) is 5.32. The Morgan fingerprint density at radius 1 is 1.44 bits per heavy atom. The lowest BCUT2D eigenvalue weighted by atomic mass is 9.96. The molecule has 2 N–H and O–H groups in total. The molecule has 16 heavy (non-hydrogen) atoms. The van der Waals surface area contributed by atoms with Gasteiger partial charge in [-0.1, -0.05) is 12.1 Å². The zero-order valence-electron chi connectivity index (χ0n) is 9.69. The van der Waals surface area contributed by atoms with Crippen molar-refractivity contribution in [2.45, 2.75) is 31.4 Å². The summed E-state index contributed by atoms with van der Waals surface area (Å²) in [6.45, 7) is 0.836. The molecule has 2 atom stereocenters. The third-order valence-corrected chi connectivity index (χ3v) is 3.09. The van der Waals surface area contributed by atoms with Crippen LogP contribution in [0.2, 0.25) is 0 Å². The third-order valence-electron chi connectivity index (χ3n) is 3.09. The third kappa shape index (κ3) is 2.54. The summed E-state index contributed by atoms with van der Waals surface area (Å²) in [7, 11) is 1.67. The predicted molar refractivity (Wildman–Crippen MR) is 63.5 cm³/mol. The van der Waals surface area contributed by atoms with Crippen molar-refractivity contribution in [1.82, 2.24) is 0 Å². The van der Waals surface area contributed by atoms with Crippen molar-refractivity contribution < 1.29 is 9.47 Å². The lowest BCUT2D eigenvalue weighted by molar-refractivity contribution is -0.0000127.